The lowest BCUT2D eigenvalue weighted by molar-refractivity contribution is -0.126. The standard InChI is InChI=1S/C14H19N3O4/c15-7-11-5-6-12(21-11)14(19)17-9-1-3-10(4-2-9)20-8-13(16)18/h1-4,11-12H,5-8,15H2,(H2,16,18)(H,17,19). The maximum atomic E-state index is 12.0. The minimum absolute atomic E-state index is 0.0367. The van der Waals surface area contributed by atoms with E-state index in [1.165, 1.54) is 0 Å². The van der Waals surface area contributed by atoms with Gasteiger partial charge in [-0.3, -0.25) is 9.59 Å². The third-order valence-electron chi connectivity index (χ3n) is 3.17. The van der Waals surface area contributed by atoms with Crippen LogP contribution in [0.5, 0.6) is 5.75 Å². The van der Waals surface area contributed by atoms with Crippen molar-refractivity contribution >= 4 is 17.5 Å². The number of primary amides is 1. The van der Waals surface area contributed by atoms with Crippen molar-refractivity contribution in [3.8, 4) is 5.75 Å². The number of carbonyl (C=O) groups excluding carboxylic acids is 2. The van der Waals surface area contributed by atoms with Crippen molar-refractivity contribution in [2.24, 2.45) is 11.5 Å². The highest BCUT2D eigenvalue weighted by Gasteiger charge is 2.29. The quantitative estimate of drug-likeness (QED) is 0.682. The van der Waals surface area contributed by atoms with Crippen molar-refractivity contribution in [2.45, 2.75) is 25.0 Å². The molecular weight excluding hydrogens is 274 g/mol. The van der Waals surface area contributed by atoms with Gasteiger partial charge in [-0.2, -0.15) is 0 Å². The van der Waals surface area contributed by atoms with Crippen molar-refractivity contribution in [2.75, 3.05) is 18.5 Å². The number of ether oxygens (including phenoxy) is 2. The zero-order valence-electron chi connectivity index (χ0n) is 11.6. The molecule has 7 heteroatoms. The lowest BCUT2D eigenvalue weighted by Gasteiger charge is -2.13. The summed E-state index contributed by atoms with van der Waals surface area (Å²) in [6, 6.07) is 6.67. The van der Waals surface area contributed by atoms with Gasteiger partial charge in [-0.15, -0.1) is 0 Å². The number of carbonyl (C=O) groups is 2. The number of hydrogen-bond acceptors (Lipinski definition) is 5. The molecule has 21 heavy (non-hydrogen) atoms. The molecular formula is C14H19N3O4. The molecule has 1 saturated heterocycles. The van der Waals surface area contributed by atoms with Gasteiger partial charge in [0.15, 0.2) is 6.61 Å². The first-order chi connectivity index (χ1) is 10.1. The summed E-state index contributed by atoms with van der Waals surface area (Å²) >= 11 is 0. The summed E-state index contributed by atoms with van der Waals surface area (Å²) in [5, 5.41) is 2.77. The normalized spacial score (nSPS) is 21.0. The van der Waals surface area contributed by atoms with E-state index in [-0.39, 0.29) is 18.6 Å². The Morgan fingerprint density at radius 1 is 1.29 bits per heavy atom. The minimum atomic E-state index is -0.541. The van der Waals surface area contributed by atoms with Crippen molar-refractivity contribution in [3.63, 3.8) is 0 Å². The lowest BCUT2D eigenvalue weighted by Crippen LogP contribution is -2.29. The van der Waals surface area contributed by atoms with Crippen LogP contribution in [0.3, 0.4) is 0 Å². The Morgan fingerprint density at radius 2 is 2.00 bits per heavy atom. The number of hydrogen-bond donors (Lipinski definition) is 3. The van der Waals surface area contributed by atoms with E-state index in [2.05, 4.69) is 5.32 Å². The predicted octanol–water partition coefficient (Wildman–Crippen LogP) is -0.00450. The zero-order valence-corrected chi connectivity index (χ0v) is 11.6. The molecule has 2 unspecified atom stereocenters. The number of rotatable bonds is 6. The first-order valence-corrected chi connectivity index (χ1v) is 6.76. The third-order valence-corrected chi connectivity index (χ3v) is 3.17. The molecule has 2 amide bonds. The monoisotopic (exact) mass is 293 g/mol. The number of anilines is 1. The average Bonchev–Trinajstić information content (AvgIpc) is 2.95. The molecule has 0 saturated carbocycles. The van der Waals surface area contributed by atoms with E-state index in [1.54, 1.807) is 24.3 Å². The van der Waals surface area contributed by atoms with Crippen LogP contribution in [0.15, 0.2) is 24.3 Å². The van der Waals surface area contributed by atoms with Gasteiger partial charge in [-0.05, 0) is 37.1 Å². The molecule has 1 aromatic rings. The highest BCUT2D eigenvalue weighted by atomic mass is 16.5. The van der Waals surface area contributed by atoms with Crippen LogP contribution < -0.4 is 21.5 Å². The Labute approximate surface area is 122 Å². The molecule has 0 aromatic heterocycles. The van der Waals surface area contributed by atoms with Crippen LogP contribution in [0, 0.1) is 0 Å². The molecule has 2 rings (SSSR count). The number of nitrogens with one attached hydrogen (secondary N) is 1. The van der Waals surface area contributed by atoms with E-state index in [9.17, 15) is 9.59 Å². The third kappa shape index (κ3) is 4.44. The average molecular weight is 293 g/mol. The summed E-state index contributed by atoms with van der Waals surface area (Å²) in [6.45, 7) is 0.248. The van der Waals surface area contributed by atoms with Crippen LogP contribution in [-0.2, 0) is 14.3 Å². The molecule has 1 aliphatic rings. The van der Waals surface area contributed by atoms with Gasteiger partial charge in [0.25, 0.3) is 11.8 Å². The van der Waals surface area contributed by atoms with Crippen molar-refractivity contribution in [1.29, 1.82) is 0 Å². The van der Waals surface area contributed by atoms with Gasteiger partial charge >= 0.3 is 0 Å². The highest BCUT2D eigenvalue weighted by molar-refractivity contribution is 5.94. The Kier molecular flexibility index (Phi) is 5.13. The summed E-state index contributed by atoms with van der Waals surface area (Å²) in [7, 11) is 0. The molecule has 1 aromatic carbocycles. The number of nitrogens with two attached hydrogens (primary N) is 2. The lowest BCUT2D eigenvalue weighted by atomic mass is 10.2. The second kappa shape index (κ2) is 7.05. The van der Waals surface area contributed by atoms with E-state index in [0.717, 1.165) is 6.42 Å². The van der Waals surface area contributed by atoms with Crippen molar-refractivity contribution in [1.82, 2.24) is 0 Å². The highest BCUT2D eigenvalue weighted by Crippen LogP contribution is 2.21. The van der Waals surface area contributed by atoms with E-state index in [0.29, 0.717) is 24.4 Å². The fraction of sp³-hybridized carbons (Fsp3) is 0.429. The first-order valence-electron chi connectivity index (χ1n) is 6.76. The second-order valence-corrected chi connectivity index (χ2v) is 4.83. The number of amides is 2. The van der Waals surface area contributed by atoms with Crippen LogP contribution in [0.4, 0.5) is 5.69 Å². The molecule has 0 radical (unpaired) electrons. The molecule has 0 bridgehead atoms. The van der Waals surface area contributed by atoms with Crippen LogP contribution in [0.2, 0.25) is 0 Å². The molecule has 5 N–H and O–H groups in total. The van der Waals surface area contributed by atoms with Gasteiger partial charge in [0.1, 0.15) is 11.9 Å². The Bertz CT molecular complexity index is 503. The second-order valence-electron chi connectivity index (χ2n) is 4.83. The topological polar surface area (TPSA) is 117 Å². The maximum absolute atomic E-state index is 12.0. The van der Waals surface area contributed by atoms with Gasteiger partial charge < -0.3 is 26.3 Å². The molecule has 2 atom stereocenters. The smallest absolute Gasteiger partial charge is 0.255 e. The van der Waals surface area contributed by atoms with Gasteiger partial charge in [0, 0.05) is 12.2 Å². The molecule has 1 fully saturated rings. The van der Waals surface area contributed by atoms with Crippen LogP contribution in [-0.4, -0.2) is 37.2 Å². The van der Waals surface area contributed by atoms with Gasteiger partial charge in [0.05, 0.1) is 6.10 Å². The number of benzene rings is 1. The molecule has 1 heterocycles. The van der Waals surface area contributed by atoms with E-state index in [1.807, 2.05) is 0 Å². The summed E-state index contributed by atoms with van der Waals surface area (Å²) in [5.74, 6) is -0.218. The molecule has 0 spiro atoms. The molecule has 0 aliphatic carbocycles. The summed E-state index contributed by atoms with van der Waals surface area (Å²) < 4.78 is 10.7. The Hall–Kier alpha value is -2.12. The van der Waals surface area contributed by atoms with Gasteiger partial charge in [0.2, 0.25) is 0 Å². The van der Waals surface area contributed by atoms with E-state index in [4.69, 9.17) is 20.9 Å². The Morgan fingerprint density at radius 3 is 2.57 bits per heavy atom. The molecule has 1 aliphatic heterocycles. The maximum Gasteiger partial charge on any atom is 0.255 e. The van der Waals surface area contributed by atoms with Crippen molar-refractivity contribution < 1.29 is 19.1 Å². The molecule has 114 valence electrons. The fourth-order valence-corrected chi connectivity index (χ4v) is 2.08. The predicted molar refractivity (Wildman–Crippen MR) is 76.7 cm³/mol. The summed E-state index contributed by atoms with van der Waals surface area (Å²) in [4.78, 5) is 22.6. The van der Waals surface area contributed by atoms with Crippen LogP contribution >= 0.6 is 0 Å². The molecule has 7 nitrogen and oxygen atoms in total. The van der Waals surface area contributed by atoms with Gasteiger partial charge in [-0.25, -0.2) is 0 Å². The van der Waals surface area contributed by atoms with E-state index < -0.39 is 12.0 Å². The summed E-state index contributed by atoms with van der Waals surface area (Å²) in [5.41, 5.74) is 11.1. The van der Waals surface area contributed by atoms with Crippen LogP contribution in [0.25, 0.3) is 0 Å². The van der Waals surface area contributed by atoms with E-state index >= 15 is 0 Å². The Balaban J connectivity index is 1.85. The minimum Gasteiger partial charge on any atom is -0.484 e. The largest absolute Gasteiger partial charge is 0.484 e. The summed E-state index contributed by atoms with van der Waals surface area (Å²) in [6.07, 6.45) is 0.983. The van der Waals surface area contributed by atoms with Crippen LogP contribution in [0.1, 0.15) is 12.8 Å². The van der Waals surface area contributed by atoms with Gasteiger partial charge in [-0.1, -0.05) is 0 Å². The fourth-order valence-electron chi connectivity index (χ4n) is 2.08. The van der Waals surface area contributed by atoms with Crippen molar-refractivity contribution in [3.05, 3.63) is 24.3 Å². The SMILES string of the molecule is NCC1CCC(C(=O)Nc2ccc(OCC(N)=O)cc2)O1. The zero-order chi connectivity index (χ0) is 15.2. The first kappa shape index (κ1) is 15.3.